The van der Waals surface area contributed by atoms with Gasteiger partial charge in [0, 0.05) is 33.3 Å². The van der Waals surface area contributed by atoms with Crippen LogP contribution in [0.4, 0.5) is 0 Å². The van der Waals surface area contributed by atoms with Gasteiger partial charge in [-0.1, -0.05) is 164 Å². The third kappa shape index (κ3) is 5.61. The van der Waals surface area contributed by atoms with Gasteiger partial charge in [0.15, 0.2) is 5.82 Å². The quantitative estimate of drug-likeness (QED) is 0.169. The maximum atomic E-state index is 5.21. The molecule has 0 spiro atoms. The zero-order valence-corrected chi connectivity index (χ0v) is 32.6. The molecule has 0 saturated carbocycles. The van der Waals surface area contributed by atoms with Gasteiger partial charge in [-0.15, -0.1) is 0 Å². The number of nitrogens with zero attached hydrogens (tertiary/aromatic N) is 4. The van der Waals surface area contributed by atoms with Crippen molar-refractivity contribution in [1.29, 1.82) is 0 Å². The summed E-state index contributed by atoms with van der Waals surface area (Å²) in [6.07, 6.45) is 0. The van der Waals surface area contributed by atoms with Crippen molar-refractivity contribution >= 4 is 49.1 Å². The number of aromatic nitrogens is 4. The Hall–Kier alpha value is -8.08. The third-order valence-corrected chi connectivity index (χ3v) is 11.9. The van der Waals surface area contributed by atoms with Gasteiger partial charge in [0.05, 0.1) is 27.9 Å². The molecule has 0 bridgehead atoms. The SMILES string of the molecule is c1ccc(-n2c3ccccc3n3c4ccccc4c(-c4cccc(-c5ccc(-c6cc(-c7ccc8ccccc8c7)nc(-c7ccc8ccccc8c7)n6)cc5)c4)c23)cc1. The Labute approximate surface area is 346 Å². The van der Waals surface area contributed by atoms with Crippen LogP contribution in [0.3, 0.4) is 0 Å². The molecule has 0 N–H and O–H groups in total. The van der Waals surface area contributed by atoms with Crippen LogP contribution in [0.1, 0.15) is 0 Å². The lowest BCUT2D eigenvalue weighted by atomic mass is 9.97. The van der Waals surface area contributed by atoms with Gasteiger partial charge >= 0.3 is 0 Å². The van der Waals surface area contributed by atoms with Gasteiger partial charge in [0.1, 0.15) is 5.65 Å². The normalized spacial score (nSPS) is 11.7. The Kier molecular flexibility index (Phi) is 7.82. The van der Waals surface area contributed by atoms with E-state index in [1.807, 2.05) is 0 Å². The van der Waals surface area contributed by atoms with Crippen molar-refractivity contribution in [2.75, 3.05) is 0 Å². The second kappa shape index (κ2) is 13.8. The second-order valence-electron chi connectivity index (χ2n) is 15.5. The van der Waals surface area contributed by atoms with E-state index in [1.54, 1.807) is 0 Å². The van der Waals surface area contributed by atoms with Gasteiger partial charge in [0.2, 0.25) is 0 Å². The summed E-state index contributed by atoms with van der Waals surface area (Å²) in [4.78, 5) is 10.4. The molecular formula is C56H36N4. The predicted octanol–water partition coefficient (Wildman–Crippen LogP) is 14.5. The van der Waals surface area contributed by atoms with E-state index in [0.717, 1.165) is 50.5 Å². The van der Waals surface area contributed by atoms with Crippen LogP contribution in [0.5, 0.6) is 0 Å². The second-order valence-corrected chi connectivity index (χ2v) is 15.5. The number of hydrogen-bond donors (Lipinski definition) is 0. The Balaban J connectivity index is 0.978. The van der Waals surface area contributed by atoms with Gasteiger partial charge < -0.3 is 0 Å². The van der Waals surface area contributed by atoms with Gasteiger partial charge in [-0.25, -0.2) is 9.97 Å². The van der Waals surface area contributed by atoms with Crippen molar-refractivity contribution in [1.82, 2.24) is 18.9 Å². The Bertz CT molecular complexity index is 3500. The molecule has 0 aliphatic heterocycles. The molecule has 0 fully saturated rings. The zero-order valence-electron chi connectivity index (χ0n) is 32.6. The molecule has 9 aromatic carbocycles. The minimum absolute atomic E-state index is 0.706. The number of imidazole rings is 1. The molecule has 0 saturated heterocycles. The zero-order chi connectivity index (χ0) is 39.6. The minimum atomic E-state index is 0.706. The van der Waals surface area contributed by atoms with Crippen LogP contribution in [0.25, 0.3) is 111 Å². The molecule has 280 valence electrons. The summed E-state index contributed by atoms with van der Waals surface area (Å²) in [6, 6.07) is 78.0. The van der Waals surface area contributed by atoms with Crippen LogP contribution in [0.2, 0.25) is 0 Å². The molecule has 0 atom stereocenters. The first-order valence-electron chi connectivity index (χ1n) is 20.4. The van der Waals surface area contributed by atoms with Gasteiger partial charge in [0.25, 0.3) is 0 Å². The monoisotopic (exact) mass is 764 g/mol. The summed E-state index contributed by atoms with van der Waals surface area (Å²) >= 11 is 0. The topological polar surface area (TPSA) is 35.1 Å². The molecule has 0 aliphatic carbocycles. The summed E-state index contributed by atoms with van der Waals surface area (Å²) in [5.74, 6) is 0.706. The average molecular weight is 765 g/mol. The summed E-state index contributed by atoms with van der Waals surface area (Å²) in [5, 5.41) is 5.98. The molecule has 0 unspecified atom stereocenters. The van der Waals surface area contributed by atoms with Crippen LogP contribution in [0.15, 0.2) is 218 Å². The van der Waals surface area contributed by atoms with Crippen molar-refractivity contribution in [2.24, 2.45) is 0 Å². The standard InChI is InChI=1S/C56H36N4/c1-2-19-47(20-3-1)59-52-23-10-11-24-53(52)60-51-22-9-8-21-48(51)54(56(59)60)45-18-12-17-43(34-45)39-25-29-40(30-26-39)49-36-50(44-31-27-37-13-4-6-15-41(37)33-44)58-55(57-49)46-32-28-38-14-5-7-16-42(38)35-46/h1-36H. The summed E-state index contributed by atoms with van der Waals surface area (Å²) in [7, 11) is 0. The molecule has 0 aliphatic rings. The molecule has 0 radical (unpaired) electrons. The van der Waals surface area contributed by atoms with Crippen LogP contribution >= 0.6 is 0 Å². The number of rotatable bonds is 6. The lowest BCUT2D eigenvalue weighted by Gasteiger charge is -2.12. The fourth-order valence-electron chi connectivity index (χ4n) is 9.00. The molecule has 0 amide bonds. The van der Waals surface area contributed by atoms with E-state index < -0.39 is 0 Å². The molecule has 12 rings (SSSR count). The van der Waals surface area contributed by atoms with Crippen molar-refractivity contribution in [3.63, 3.8) is 0 Å². The molecule has 60 heavy (non-hydrogen) atoms. The summed E-state index contributed by atoms with van der Waals surface area (Å²) < 4.78 is 4.83. The van der Waals surface area contributed by atoms with Crippen molar-refractivity contribution in [2.45, 2.75) is 0 Å². The van der Waals surface area contributed by atoms with E-state index in [4.69, 9.17) is 9.97 Å². The molecule has 3 aromatic heterocycles. The predicted molar refractivity (Wildman–Crippen MR) is 250 cm³/mol. The molecule has 4 heteroatoms. The maximum Gasteiger partial charge on any atom is 0.160 e. The smallest absolute Gasteiger partial charge is 0.160 e. The lowest BCUT2D eigenvalue weighted by molar-refractivity contribution is 1.15. The van der Waals surface area contributed by atoms with E-state index in [-0.39, 0.29) is 0 Å². The van der Waals surface area contributed by atoms with Crippen molar-refractivity contribution < 1.29 is 0 Å². The van der Waals surface area contributed by atoms with Crippen LogP contribution in [-0.2, 0) is 0 Å². The lowest BCUT2D eigenvalue weighted by Crippen LogP contribution is -1.96. The van der Waals surface area contributed by atoms with Crippen molar-refractivity contribution in [3.05, 3.63) is 218 Å². The Morgan fingerprint density at radius 1 is 0.317 bits per heavy atom. The first kappa shape index (κ1) is 34.0. The highest BCUT2D eigenvalue weighted by Gasteiger charge is 2.22. The largest absolute Gasteiger partial charge is 0.293 e. The number of para-hydroxylation sites is 4. The fraction of sp³-hybridized carbons (Fsp3) is 0. The van der Waals surface area contributed by atoms with Crippen LogP contribution < -0.4 is 0 Å². The summed E-state index contributed by atoms with van der Waals surface area (Å²) in [6.45, 7) is 0. The number of hydrogen-bond acceptors (Lipinski definition) is 2. The number of benzene rings is 9. The molecule has 4 nitrogen and oxygen atoms in total. The molecule has 3 heterocycles. The van der Waals surface area contributed by atoms with Gasteiger partial charge in [-0.05, 0) is 92.8 Å². The van der Waals surface area contributed by atoms with E-state index >= 15 is 0 Å². The van der Waals surface area contributed by atoms with E-state index in [9.17, 15) is 0 Å². The first-order valence-corrected chi connectivity index (χ1v) is 20.4. The Morgan fingerprint density at radius 3 is 1.62 bits per heavy atom. The van der Waals surface area contributed by atoms with Crippen molar-refractivity contribution in [3.8, 4) is 61.8 Å². The van der Waals surface area contributed by atoms with Crippen LogP contribution in [-0.4, -0.2) is 18.9 Å². The molecular weight excluding hydrogens is 729 g/mol. The highest BCUT2D eigenvalue weighted by Crippen LogP contribution is 2.42. The number of fused-ring (bicyclic) bond motifs is 7. The summed E-state index contributed by atoms with van der Waals surface area (Å²) in [5.41, 5.74) is 15.4. The fourth-order valence-corrected chi connectivity index (χ4v) is 9.00. The minimum Gasteiger partial charge on any atom is -0.293 e. The highest BCUT2D eigenvalue weighted by atomic mass is 15.1. The van der Waals surface area contributed by atoms with E-state index in [1.165, 1.54) is 54.6 Å². The van der Waals surface area contributed by atoms with Gasteiger partial charge in [-0.3, -0.25) is 8.97 Å². The maximum absolute atomic E-state index is 5.21. The third-order valence-electron chi connectivity index (χ3n) is 11.9. The highest BCUT2D eigenvalue weighted by molar-refractivity contribution is 6.09. The van der Waals surface area contributed by atoms with Gasteiger partial charge in [-0.2, -0.15) is 0 Å². The first-order chi connectivity index (χ1) is 29.7. The van der Waals surface area contributed by atoms with E-state index in [2.05, 4.69) is 227 Å². The van der Waals surface area contributed by atoms with Crippen LogP contribution in [0, 0.1) is 0 Å². The average Bonchev–Trinajstić information content (AvgIpc) is 3.84. The Morgan fingerprint density at radius 2 is 0.867 bits per heavy atom. The van der Waals surface area contributed by atoms with E-state index in [0.29, 0.717) is 5.82 Å². The molecule has 12 aromatic rings.